The predicted molar refractivity (Wildman–Crippen MR) is 302 cm³/mol. The molecule has 0 radical (unpaired) electrons. The van der Waals surface area contributed by atoms with Crippen LogP contribution in [0.25, 0.3) is 0 Å². The van der Waals surface area contributed by atoms with Gasteiger partial charge in [0.05, 0.1) is 13.2 Å². The summed E-state index contributed by atoms with van der Waals surface area (Å²) in [5.41, 5.74) is 5.38. The smallest absolute Gasteiger partial charge is 0.462 e. The SMILES string of the molecule is CC/C=C\C/C=C\C/C=C\C/C=C\CCCCCCCCCCCCCCC(=O)OCC(COP(=O)(O)OCCN)OC(=O)CCCCCCCCCCCCCC/C=C\C/C=C\C/C=C\C/C=C\CC. The third-order valence-corrected chi connectivity index (χ3v) is 12.9. The van der Waals surface area contributed by atoms with E-state index < -0.39 is 26.5 Å². The van der Waals surface area contributed by atoms with E-state index in [9.17, 15) is 19.0 Å². The molecule has 0 saturated heterocycles. The highest BCUT2D eigenvalue weighted by Gasteiger charge is 2.26. The fraction of sp³-hybridized carbons (Fsp3) is 0.705. The zero-order chi connectivity index (χ0) is 51.7. The van der Waals surface area contributed by atoms with Gasteiger partial charge >= 0.3 is 19.8 Å². The fourth-order valence-corrected chi connectivity index (χ4v) is 8.56. The number of phosphoric ester groups is 1. The van der Waals surface area contributed by atoms with Crippen molar-refractivity contribution < 1.29 is 37.6 Å². The Morgan fingerprint density at radius 2 is 0.732 bits per heavy atom. The van der Waals surface area contributed by atoms with Crippen LogP contribution in [0.3, 0.4) is 0 Å². The average molecular weight is 1010 g/mol. The molecule has 0 aliphatic rings. The van der Waals surface area contributed by atoms with Gasteiger partial charge in [-0.2, -0.15) is 0 Å². The number of allylic oxidation sites excluding steroid dienone is 16. The van der Waals surface area contributed by atoms with Gasteiger partial charge in [-0.25, -0.2) is 4.57 Å². The molecule has 0 aliphatic heterocycles. The van der Waals surface area contributed by atoms with Gasteiger partial charge in [-0.15, -0.1) is 0 Å². The van der Waals surface area contributed by atoms with Crippen molar-refractivity contribution in [3.8, 4) is 0 Å². The van der Waals surface area contributed by atoms with Crippen molar-refractivity contribution in [3.05, 3.63) is 97.2 Å². The highest BCUT2D eigenvalue weighted by molar-refractivity contribution is 7.47. The minimum absolute atomic E-state index is 0.0491. The zero-order valence-electron chi connectivity index (χ0n) is 45.4. The number of carbonyl (C=O) groups excluding carboxylic acids is 2. The Balaban J connectivity index is 3.99. The number of carbonyl (C=O) groups is 2. The van der Waals surface area contributed by atoms with E-state index in [1.54, 1.807) is 0 Å². The number of unbranched alkanes of at least 4 members (excludes halogenated alkanes) is 24. The molecular formula is C61H106NO8P. The molecule has 71 heavy (non-hydrogen) atoms. The first-order valence-corrected chi connectivity index (χ1v) is 30.2. The number of esters is 2. The summed E-state index contributed by atoms with van der Waals surface area (Å²) in [6, 6.07) is 0. The van der Waals surface area contributed by atoms with Gasteiger partial charge in [0.1, 0.15) is 6.61 Å². The molecule has 0 aliphatic carbocycles. The minimum atomic E-state index is -4.39. The number of ether oxygens (including phenoxy) is 2. The maximum Gasteiger partial charge on any atom is 0.472 e. The molecule has 9 nitrogen and oxygen atoms in total. The van der Waals surface area contributed by atoms with Crippen LogP contribution in [-0.4, -0.2) is 49.3 Å². The van der Waals surface area contributed by atoms with Gasteiger partial charge in [-0.1, -0.05) is 239 Å². The van der Waals surface area contributed by atoms with Crippen molar-refractivity contribution in [2.45, 2.75) is 251 Å². The second kappa shape index (κ2) is 56.2. The van der Waals surface area contributed by atoms with E-state index in [1.165, 1.54) is 122 Å². The van der Waals surface area contributed by atoms with Crippen LogP contribution in [0, 0.1) is 0 Å². The maximum absolute atomic E-state index is 12.7. The highest BCUT2D eigenvalue weighted by atomic mass is 31.2. The zero-order valence-corrected chi connectivity index (χ0v) is 46.3. The first-order valence-electron chi connectivity index (χ1n) is 28.7. The Bertz CT molecular complexity index is 1480. The Labute approximate surface area is 436 Å². The van der Waals surface area contributed by atoms with Crippen LogP contribution < -0.4 is 5.73 Å². The molecule has 0 aromatic heterocycles. The molecule has 0 rings (SSSR count). The molecule has 0 heterocycles. The van der Waals surface area contributed by atoms with Crippen molar-refractivity contribution in [2.24, 2.45) is 5.73 Å². The Morgan fingerprint density at radius 1 is 0.423 bits per heavy atom. The molecular weight excluding hydrogens is 906 g/mol. The first-order chi connectivity index (χ1) is 34.8. The summed E-state index contributed by atoms with van der Waals surface area (Å²) in [6.45, 7) is 3.53. The third kappa shape index (κ3) is 56.1. The topological polar surface area (TPSA) is 134 Å². The summed E-state index contributed by atoms with van der Waals surface area (Å²) in [6.07, 6.45) is 74.5. The van der Waals surface area contributed by atoms with Crippen LogP contribution in [0.2, 0.25) is 0 Å². The molecule has 0 saturated carbocycles. The number of nitrogens with two attached hydrogens (primary N) is 1. The summed E-state index contributed by atoms with van der Waals surface area (Å²) in [7, 11) is -4.39. The van der Waals surface area contributed by atoms with Gasteiger partial charge in [0, 0.05) is 19.4 Å². The molecule has 10 heteroatoms. The molecule has 2 unspecified atom stereocenters. The summed E-state index contributed by atoms with van der Waals surface area (Å²) in [4.78, 5) is 35.2. The van der Waals surface area contributed by atoms with Gasteiger partial charge in [0.15, 0.2) is 6.10 Å². The minimum Gasteiger partial charge on any atom is -0.462 e. The molecule has 3 N–H and O–H groups in total. The van der Waals surface area contributed by atoms with E-state index in [4.69, 9.17) is 24.3 Å². The Hall–Kier alpha value is -3.07. The van der Waals surface area contributed by atoms with E-state index in [0.717, 1.165) is 89.9 Å². The van der Waals surface area contributed by atoms with Crippen LogP contribution in [-0.2, 0) is 32.7 Å². The second-order valence-corrected chi connectivity index (χ2v) is 20.2. The van der Waals surface area contributed by atoms with Gasteiger partial charge in [-0.3, -0.25) is 18.6 Å². The lowest BCUT2D eigenvalue weighted by Gasteiger charge is -2.19. The number of rotatable bonds is 53. The standard InChI is InChI=1S/C61H106NO8P/c1-3-5-7-9-11-13-15-17-19-21-23-25-27-29-31-33-35-37-39-41-43-45-47-49-51-53-60(63)67-57-59(58-69-71(65,66)68-56-55-62)70-61(64)54-52-50-48-46-44-42-40-38-36-34-32-30-28-26-24-22-20-18-16-14-12-10-8-6-4-2/h5-8,11-14,17-20,23-26,59H,3-4,9-10,15-16,21-22,27-58,62H2,1-2H3,(H,65,66)/b7-5-,8-6-,13-11-,14-12-,19-17-,20-18-,25-23-,26-24-. The van der Waals surface area contributed by atoms with Crippen LogP contribution >= 0.6 is 7.82 Å². The molecule has 0 bridgehead atoms. The summed E-state index contributed by atoms with van der Waals surface area (Å²) >= 11 is 0. The highest BCUT2D eigenvalue weighted by Crippen LogP contribution is 2.43. The summed E-state index contributed by atoms with van der Waals surface area (Å²) < 4.78 is 33.0. The lowest BCUT2D eigenvalue weighted by atomic mass is 10.0. The first kappa shape index (κ1) is 67.9. The van der Waals surface area contributed by atoms with Crippen LogP contribution in [0.15, 0.2) is 97.2 Å². The Morgan fingerprint density at radius 3 is 1.08 bits per heavy atom. The average Bonchev–Trinajstić information content (AvgIpc) is 3.36. The van der Waals surface area contributed by atoms with E-state index in [0.29, 0.717) is 6.42 Å². The van der Waals surface area contributed by atoms with Crippen molar-refractivity contribution in [1.82, 2.24) is 0 Å². The van der Waals surface area contributed by atoms with Gasteiger partial charge < -0.3 is 20.1 Å². The summed E-state index contributed by atoms with van der Waals surface area (Å²) in [5.74, 6) is -0.832. The van der Waals surface area contributed by atoms with Crippen molar-refractivity contribution in [3.63, 3.8) is 0 Å². The number of phosphoric acid groups is 1. The van der Waals surface area contributed by atoms with Crippen LogP contribution in [0.4, 0.5) is 0 Å². The van der Waals surface area contributed by atoms with Gasteiger partial charge in [0.2, 0.25) is 0 Å². The monoisotopic (exact) mass is 1010 g/mol. The summed E-state index contributed by atoms with van der Waals surface area (Å²) in [5, 5.41) is 0. The maximum atomic E-state index is 12.7. The molecule has 2 atom stereocenters. The third-order valence-electron chi connectivity index (χ3n) is 12.0. The normalized spacial score (nSPS) is 13.8. The van der Waals surface area contributed by atoms with E-state index >= 15 is 0 Å². The van der Waals surface area contributed by atoms with Crippen molar-refractivity contribution in [1.29, 1.82) is 0 Å². The van der Waals surface area contributed by atoms with Crippen LogP contribution in [0.5, 0.6) is 0 Å². The molecule has 0 spiro atoms. The van der Waals surface area contributed by atoms with Gasteiger partial charge in [-0.05, 0) is 89.9 Å². The van der Waals surface area contributed by atoms with Crippen molar-refractivity contribution >= 4 is 19.8 Å². The quantitative estimate of drug-likeness (QED) is 0.0264. The molecule has 0 aromatic carbocycles. The lowest BCUT2D eigenvalue weighted by Crippen LogP contribution is -2.29. The number of hydrogen-bond acceptors (Lipinski definition) is 8. The molecule has 0 aromatic rings. The Kier molecular flexibility index (Phi) is 53.8. The second-order valence-electron chi connectivity index (χ2n) is 18.7. The van der Waals surface area contributed by atoms with E-state index in [2.05, 4.69) is 111 Å². The van der Waals surface area contributed by atoms with E-state index in [1.807, 2.05) is 0 Å². The lowest BCUT2D eigenvalue weighted by molar-refractivity contribution is -0.161. The largest absolute Gasteiger partial charge is 0.472 e. The molecule has 0 amide bonds. The van der Waals surface area contributed by atoms with Gasteiger partial charge in [0.25, 0.3) is 0 Å². The van der Waals surface area contributed by atoms with Crippen LogP contribution in [0.1, 0.15) is 245 Å². The van der Waals surface area contributed by atoms with E-state index in [-0.39, 0.29) is 38.6 Å². The molecule has 0 fully saturated rings. The van der Waals surface area contributed by atoms with Crippen molar-refractivity contribution in [2.75, 3.05) is 26.4 Å². The molecule has 408 valence electrons. The predicted octanol–water partition coefficient (Wildman–Crippen LogP) is 18.1. The fourth-order valence-electron chi connectivity index (χ4n) is 7.80. The number of hydrogen-bond donors (Lipinski definition) is 2.